The van der Waals surface area contributed by atoms with Crippen molar-refractivity contribution in [3.8, 4) is 0 Å². The van der Waals surface area contributed by atoms with Crippen LogP contribution in [0.5, 0.6) is 0 Å². The van der Waals surface area contributed by atoms with Gasteiger partial charge in [-0.2, -0.15) is 0 Å². The molecule has 98 valence electrons. The number of anilines is 1. The minimum atomic E-state index is -0.0570. The van der Waals surface area contributed by atoms with E-state index in [1.54, 1.807) is 12.1 Å². The topological polar surface area (TPSA) is 64.3 Å². The molecule has 0 aliphatic heterocycles. The third-order valence-electron chi connectivity index (χ3n) is 2.36. The van der Waals surface area contributed by atoms with E-state index in [0.29, 0.717) is 37.3 Å². The van der Waals surface area contributed by atoms with E-state index in [9.17, 15) is 4.79 Å². The fourth-order valence-corrected chi connectivity index (χ4v) is 1.68. The van der Waals surface area contributed by atoms with Crippen molar-refractivity contribution in [3.63, 3.8) is 0 Å². The third kappa shape index (κ3) is 4.81. The van der Waals surface area contributed by atoms with Crippen molar-refractivity contribution in [2.24, 2.45) is 5.73 Å². The first kappa shape index (κ1) is 14.6. The van der Waals surface area contributed by atoms with Gasteiger partial charge in [0.25, 0.3) is 0 Å². The number of thiocarbonyl (C=S) groups is 1. The fourth-order valence-electron chi connectivity index (χ4n) is 1.50. The lowest BCUT2D eigenvalue weighted by molar-refractivity contribution is -0.116. The van der Waals surface area contributed by atoms with Crippen LogP contribution in [0.4, 0.5) is 5.69 Å². The monoisotopic (exact) mass is 266 g/mol. The van der Waals surface area contributed by atoms with Crippen LogP contribution < -0.4 is 11.1 Å². The third-order valence-corrected chi connectivity index (χ3v) is 2.58. The summed E-state index contributed by atoms with van der Waals surface area (Å²) in [5.74, 6) is -0.0570. The highest BCUT2D eigenvalue weighted by molar-refractivity contribution is 7.80. The molecule has 0 radical (unpaired) electrons. The summed E-state index contributed by atoms with van der Waals surface area (Å²) in [6, 6.07) is 7.24. The molecule has 0 aliphatic carbocycles. The van der Waals surface area contributed by atoms with E-state index in [4.69, 9.17) is 22.7 Å². The lowest BCUT2D eigenvalue weighted by Crippen LogP contribution is -2.17. The van der Waals surface area contributed by atoms with Crippen LogP contribution in [-0.2, 0) is 9.53 Å². The summed E-state index contributed by atoms with van der Waals surface area (Å²) < 4.78 is 5.18. The molecule has 0 heterocycles. The minimum Gasteiger partial charge on any atom is -0.389 e. The van der Waals surface area contributed by atoms with Crippen molar-refractivity contribution in [1.29, 1.82) is 0 Å². The Balaban J connectivity index is 2.51. The van der Waals surface area contributed by atoms with Crippen LogP contribution >= 0.6 is 12.2 Å². The van der Waals surface area contributed by atoms with Crippen LogP contribution in [0.2, 0.25) is 0 Å². The number of benzene rings is 1. The molecule has 1 aromatic carbocycles. The van der Waals surface area contributed by atoms with E-state index in [0.717, 1.165) is 0 Å². The molecule has 18 heavy (non-hydrogen) atoms. The number of hydrogen-bond acceptors (Lipinski definition) is 3. The number of ether oxygens (including phenoxy) is 1. The number of para-hydroxylation sites is 1. The lowest BCUT2D eigenvalue weighted by atomic mass is 10.1. The van der Waals surface area contributed by atoms with Gasteiger partial charge < -0.3 is 15.8 Å². The molecule has 4 nitrogen and oxygen atoms in total. The zero-order chi connectivity index (χ0) is 13.4. The second-order valence-electron chi connectivity index (χ2n) is 3.76. The first-order chi connectivity index (χ1) is 8.65. The predicted octanol–water partition coefficient (Wildman–Crippen LogP) is 2.08. The molecule has 1 aromatic rings. The Bertz CT molecular complexity index is 421. The summed E-state index contributed by atoms with van der Waals surface area (Å²) in [5, 5.41) is 2.81. The summed E-state index contributed by atoms with van der Waals surface area (Å²) in [6.45, 7) is 3.20. The maximum absolute atomic E-state index is 11.7. The van der Waals surface area contributed by atoms with Gasteiger partial charge in [-0.25, -0.2) is 0 Å². The molecule has 0 atom stereocenters. The second-order valence-corrected chi connectivity index (χ2v) is 4.20. The Labute approximate surface area is 113 Å². The summed E-state index contributed by atoms with van der Waals surface area (Å²) in [4.78, 5) is 12.0. The van der Waals surface area contributed by atoms with Gasteiger partial charge in [0, 0.05) is 25.2 Å². The highest BCUT2D eigenvalue weighted by Crippen LogP contribution is 2.15. The van der Waals surface area contributed by atoms with Crippen molar-refractivity contribution >= 4 is 28.8 Å². The van der Waals surface area contributed by atoms with E-state index in [1.165, 1.54) is 0 Å². The number of amides is 1. The second kappa shape index (κ2) is 7.79. The number of carbonyl (C=O) groups is 1. The number of rotatable bonds is 7. The van der Waals surface area contributed by atoms with Gasteiger partial charge in [0.15, 0.2) is 0 Å². The van der Waals surface area contributed by atoms with Gasteiger partial charge in [-0.3, -0.25) is 4.79 Å². The normalized spacial score (nSPS) is 10.1. The van der Waals surface area contributed by atoms with Gasteiger partial charge in [0.1, 0.15) is 4.99 Å². The SMILES string of the molecule is CCOCCCC(=O)Nc1ccccc1C(N)=S. The van der Waals surface area contributed by atoms with Crippen molar-refractivity contribution in [2.75, 3.05) is 18.5 Å². The zero-order valence-electron chi connectivity index (χ0n) is 10.4. The molecule has 5 heteroatoms. The van der Waals surface area contributed by atoms with Crippen LogP contribution in [-0.4, -0.2) is 24.1 Å². The van der Waals surface area contributed by atoms with Gasteiger partial charge in [0.2, 0.25) is 5.91 Å². The summed E-state index contributed by atoms with van der Waals surface area (Å²) in [7, 11) is 0. The van der Waals surface area contributed by atoms with E-state index in [2.05, 4.69) is 5.32 Å². The van der Waals surface area contributed by atoms with Crippen LogP contribution in [0.3, 0.4) is 0 Å². The molecule has 0 saturated heterocycles. The minimum absolute atomic E-state index is 0.0570. The van der Waals surface area contributed by atoms with Crippen molar-refractivity contribution < 1.29 is 9.53 Å². The molecular formula is C13H18N2O2S. The molecule has 1 amide bonds. The largest absolute Gasteiger partial charge is 0.389 e. The van der Waals surface area contributed by atoms with E-state index >= 15 is 0 Å². The highest BCUT2D eigenvalue weighted by atomic mass is 32.1. The Morgan fingerprint density at radius 1 is 1.44 bits per heavy atom. The molecule has 0 spiro atoms. The van der Waals surface area contributed by atoms with Gasteiger partial charge in [-0.15, -0.1) is 0 Å². The molecule has 0 fully saturated rings. The van der Waals surface area contributed by atoms with Gasteiger partial charge in [-0.1, -0.05) is 24.4 Å². The fraction of sp³-hybridized carbons (Fsp3) is 0.385. The van der Waals surface area contributed by atoms with Crippen molar-refractivity contribution in [1.82, 2.24) is 0 Å². The maximum Gasteiger partial charge on any atom is 0.224 e. The Kier molecular flexibility index (Phi) is 6.32. The number of hydrogen-bond donors (Lipinski definition) is 2. The maximum atomic E-state index is 11.7. The average Bonchev–Trinajstić information content (AvgIpc) is 2.35. The molecule has 0 unspecified atom stereocenters. The van der Waals surface area contributed by atoms with Gasteiger partial charge in [0.05, 0.1) is 5.69 Å². The van der Waals surface area contributed by atoms with E-state index in [-0.39, 0.29) is 10.9 Å². The molecule has 3 N–H and O–H groups in total. The molecule has 0 saturated carbocycles. The van der Waals surface area contributed by atoms with Crippen molar-refractivity contribution in [3.05, 3.63) is 29.8 Å². The average molecular weight is 266 g/mol. The van der Waals surface area contributed by atoms with E-state index in [1.807, 2.05) is 19.1 Å². The molecule has 0 aliphatic rings. The van der Waals surface area contributed by atoms with Crippen LogP contribution in [0.1, 0.15) is 25.3 Å². The summed E-state index contributed by atoms with van der Waals surface area (Å²) in [6.07, 6.45) is 1.13. The van der Waals surface area contributed by atoms with Crippen LogP contribution in [0.25, 0.3) is 0 Å². The molecule has 0 aromatic heterocycles. The van der Waals surface area contributed by atoms with E-state index < -0.39 is 0 Å². The van der Waals surface area contributed by atoms with Crippen LogP contribution in [0.15, 0.2) is 24.3 Å². The quantitative estimate of drug-likeness (QED) is 0.586. The Morgan fingerprint density at radius 2 is 2.17 bits per heavy atom. The lowest BCUT2D eigenvalue weighted by Gasteiger charge is -2.09. The predicted molar refractivity (Wildman–Crippen MR) is 76.7 cm³/mol. The smallest absolute Gasteiger partial charge is 0.224 e. The van der Waals surface area contributed by atoms with Crippen molar-refractivity contribution in [2.45, 2.75) is 19.8 Å². The van der Waals surface area contributed by atoms with Gasteiger partial charge >= 0.3 is 0 Å². The first-order valence-corrected chi connectivity index (χ1v) is 6.32. The van der Waals surface area contributed by atoms with Crippen LogP contribution in [0, 0.1) is 0 Å². The number of nitrogens with two attached hydrogens (primary N) is 1. The highest BCUT2D eigenvalue weighted by Gasteiger charge is 2.07. The number of nitrogens with one attached hydrogen (secondary N) is 1. The Morgan fingerprint density at radius 3 is 2.83 bits per heavy atom. The first-order valence-electron chi connectivity index (χ1n) is 5.91. The summed E-state index contributed by atoms with van der Waals surface area (Å²) in [5.41, 5.74) is 6.93. The molecule has 0 bridgehead atoms. The number of carbonyl (C=O) groups excluding carboxylic acids is 1. The van der Waals surface area contributed by atoms with Gasteiger partial charge in [-0.05, 0) is 25.5 Å². The zero-order valence-corrected chi connectivity index (χ0v) is 11.3. The summed E-state index contributed by atoms with van der Waals surface area (Å²) >= 11 is 4.93. The standard InChI is InChI=1S/C13H18N2O2S/c1-2-17-9-5-8-12(16)15-11-7-4-3-6-10(11)13(14)18/h3-4,6-7H,2,5,8-9H2,1H3,(H2,14,18)(H,15,16). The molecule has 1 rings (SSSR count). The molecular weight excluding hydrogens is 248 g/mol. The Hall–Kier alpha value is -1.46.